The third-order valence-corrected chi connectivity index (χ3v) is 6.76. The molecule has 3 heterocycles. The van der Waals surface area contributed by atoms with Crippen LogP contribution in [0.1, 0.15) is 58.1 Å². The van der Waals surface area contributed by atoms with Gasteiger partial charge >= 0.3 is 5.97 Å². The second kappa shape index (κ2) is 11.4. The van der Waals surface area contributed by atoms with E-state index in [4.69, 9.17) is 14.5 Å². The summed E-state index contributed by atoms with van der Waals surface area (Å²) in [6.07, 6.45) is 4.19. The van der Waals surface area contributed by atoms with Crippen LogP contribution in [0.5, 0.6) is 0 Å². The Morgan fingerprint density at radius 2 is 2.05 bits per heavy atom. The first-order chi connectivity index (χ1) is 17.9. The van der Waals surface area contributed by atoms with Crippen LogP contribution < -0.4 is 10.9 Å². The second-order valence-electron chi connectivity index (χ2n) is 11.3. The van der Waals surface area contributed by atoms with Gasteiger partial charge in [0, 0.05) is 37.5 Å². The number of ether oxygens (including phenoxy) is 2. The van der Waals surface area contributed by atoms with Gasteiger partial charge in [-0.15, -0.1) is 0 Å². The Labute approximate surface area is 223 Å². The number of pyridine rings is 1. The molecule has 1 aliphatic rings. The van der Waals surface area contributed by atoms with E-state index in [0.29, 0.717) is 18.7 Å². The van der Waals surface area contributed by atoms with Crippen molar-refractivity contribution in [3.8, 4) is 11.4 Å². The molecule has 4 rings (SSSR count). The van der Waals surface area contributed by atoms with Crippen molar-refractivity contribution in [2.45, 2.75) is 90.8 Å². The van der Waals surface area contributed by atoms with Gasteiger partial charge in [-0.3, -0.25) is 14.9 Å². The highest BCUT2D eigenvalue weighted by atomic mass is 16.6. The molecule has 9 heteroatoms. The van der Waals surface area contributed by atoms with Crippen molar-refractivity contribution in [2.24, 2.45) is 7.05 Å². The van der Waals surface area contributed by atoms with E-state index < -0.39 is 23.7 Å². The minimum Gasteiger partial charge on any atom is -0.459 e. The number of aryl methyl sites for hydroxylation is 2. The Balaban J connectivity index is 1.68. The van der Waals surface area contributed by atoms with E-state index >= 15 is 0 Å². The van der Waals surface area contributed by atoms with E-state index in [9.17, 15) is 14.7 Å². The number of esters is 1. The summed E-state index contributed by atoms with van der Waals surface area (Å²) in [4.78, 5) is 29.9. The zero-order valence-electron chi connectivity index (χ0n) is 23.3. The molecule has 38 heavy (non-hydrogen) atoms. The number of carbonyl (C=O) groups is 1. The van der Waals surface area contributed by atoms with E-state index in [0.717, 1.165) is 53.9 Å². The Kier molecular flexibility index (Phi) is 8.40. The molecule has 0 radical (unpaired) electrons. The Bertz CT molecular complexity index is 1320. The monoisotopic (exact) mass is 524 g/mol. The maximum atomic E-state index is 12.7. The van der Waals surface area contributed by atoms with Gasteiger partial charge in [-0.1, -0.05) is 6.07 Å². The predicted molar refractivity (Wildman–Crippen MR) is 147 cm³/mol. The van der Waals surface area contributed by atoms with Gasteiger partial charge in [0.05, 0.1) is 29.8 Å². The van der Waals surface area contributed by atoms with E-state index in [-0.39, 0.29) is 11.7 Å². The summed E-state index contributed by atoms with van der Waals surface area (Å²) < 4.78 is 15.3. The van der Waals surface area contributed by atoms with Gasteiger partial charge in [-0.05, 0) is 77.6 Å². The molecule has 0 unspecified atom stereocenters. The first-order valence-electron chi connectivity index (χ1n) is 13.4. The maximum absolute atomic E-state index is 12.7. The minimum atomic E-state index is -0.915. The van der Waals surface area contributed by atoms with Crippen molar-refractivity contribution in [1.29, 1.82) is 0 Å². The normalized spacial score (nSPS) is 17.9. The van der Waals surface area contributed by atoms with Gasteiger partial charge < -0.3 is 23.7 Å². The van der Waals surface area contributed by atoms with E-state index in [2.05, 4.69) is 16.0 Å². The zero-order chi connectivity index (χ0) is 27.6. The summed E-state index contributed by atoms with van der Waals surface area (Å²) in [5, 5.41) is 13.4. The van der Waals surface area contributed by atoms with Gasteiger partial charge in [0.25, 0.3) is 5.56 Å². The van der Waals surface area contributed by atoms with Crippen LogP contribution in [-0.4, -0.2) is 55.7 Å². The average molecular weight is 525 g/mol. The lowest BCUT2D eigenvalue weighted by Gasteiger charge is -2.26. The van der Waals surface area contributed by atoms with Gasteiger partial charge in [0.2, 0.25) is 0 Å². The molecule has 2 aromatic heterocycles. The molecule has 9 nitrogen and oxygen atoms in total. The number of aromatic nitrogens is 3. The fourth-order valence-electron chi connectivity index (χ4n) is 4.88. The lowest BCUT2D eigenvalue weighted by Crippen LogP contribution is -2.47. The lowest BCUT2D eigenvalue weighted by atomic mass is 10.1. The number of benzene rings is 1. The summed E-state index contributed by atoms with van der Waals surface area (Å²) in [7, 11) is 1.75. The average Bonchev–Trinajstić information content (AvgIpc) is 3.19. The predicted octanol–water partition coefficient (Wildman–Crippen LogP) is 3.46. The van der Waals surface area contributed by atoms with Crippen LogP contribution in [0.4, 0.5) is 0 Å². The van der Waals surface area contributed by atoms with Crippen LogP contribution in [0.3, 0.4) is 0 Å². The molecule has 1 aromatic carbocycles. The number of hydrogen-bond acceptors (Lipinski definition) is 7. The third kappa shape index (κ3) is 6.51. The van der Waals surface area contributed by atoms with Crippen LogP contribution >= 0.6 is 0 Å². The van der Waals surface area contributed by atoms with Gasteiger partial charge in [0.15, 0.2) is 0 Å². The Morgan fingerprint density at radius 3 is 2.68 bits per heavy atom. The summed E-state index contributed by atoms with van der Waals surface area (Å²) in [6.45, 7) is 10.6. The van der Waals surface area contributed by atoms with Crippen LogP contribution in [-0.2, 0) is 34.4 Å². The number of nitrogens with zero attached hydrogens (tertiary/aromatic N) is 3. The van der Waals surface area contributed by atoms with E-state index in [1.165, 1.54) is 0 Å². The fraction of sp³-hybridized carbons (Fsp3) is 0.552. The van der Waals surface area contributed by atoms with Crippen LogP contribution in [0.2, 0.25) is 0 Å². The quantitative estimate of drug-likeness (QED) is 0.435. The molecule has 3 aromatic rings. The van der Waals surface area contributed by atoms with Gasteiger partial charge in [0.1, 0.15) is 17.5 Å². The van der Waals surface area contributed by atoms with Crippen molar-refractivity contribution >= 4 is 17.0 Å². The molecule has 2 N–H and O–H groups in total. The Morgan fingerprint density at radius 1 is 1.29 bits per heavy atom. The minimum absolute atomic E-state index is 0.0296. The maximum Gasteiger partial charge on any atom is 0.326 e. The molecule has 0 spiro atoms. The highest BCUT2D eigenvalue weighted by molar-refractivity contribution is 5.81. The Hall–Kier alpha value is -3.01. The molecule has 1 fully saturated rings. The first-order valence-corrected chi connectivity index (χ1v) is 13.4. The number of nitrogens with one attached hydrogen (secondary N) is 1. The number of carbonyl (C=O) groups excluding carboxylic acids is 1. The van der Waals surface area contributed by atoms with Crippen molar-refractivity contribution < 1.29 is 19.4 Å². The molecule has 0 bridgehead atoms. The van der Waals surface area contributed by atoms with E-state index in [1.807, 2.05) is 31.3 Å². The second-order valence-corrected chi connectivity index (χ2v) is 11.3. The molecule has 0 saturated carbocycles. The number of hydrogen-bond donors (Lipinski definition) is 2. The number of aliphatic hydroxyl groups is 1. The first kappa shape index (κ1) is 28.0. The highest BCUT2D eigenvalue weighted by Crippen LogP contribution is 2.28. The molecular weight excluding hydrogens is 484 g/mol. The molecule has 206 valence electrons. The molecule has 0 aliphatic carbocycles. The van der Waals surface area contributed by atoms with Crippen LogP contribution in [0.25, 0.3) is 22.4 Å². The van der Waals surface area contributed by atoms with Crippen LogP contribution in [0, 0.1) is 6.92 Å². The highest BCUT2D eigenvalue weighted by Gasteiger charge is 2.28. The molecule has 0 amide bonds. The summed E-state index contributed by atoms with van der Waals surface area (Å²) in [5.74, 6) is 0.300. The topological polar surface area (TPSA) is 108 Å². The van der Waals surface area contributed by atoms with Crippen LogP contribution in [0.15, 0.2) is 35.3 Å². The van der Waals surface area contributed by atoms with Crippen molar-refractivity contribution in [1.82, 2.24) is 19.4 Å². The summed E-state index contributed by atoms with van der Waals surface area (Å²) in [6, 6.07) is 7.03. The summed E-state index contributed by atoms with van der Waals surface area (Å²) >= 11 is 0. The molecular formula is C29H40N4O5. The van der Waals surface area contributed by atoms with Crippen molar-refractivity contribution in [2.75, 3.05) is 6.61 Å². The summed E-state index contributed by atoms with van der Waals surface area (Å²) in [5.41, 5.74) is 3.59. The SMILES string of the molecule is Cc1cc(-c2nc3ccc(CN[C@H](C(=O)OC(C)(C)C)[C@@H](C)O)cc3n2C[C@H]2CCCCO2)cn(C)c1=O. The molecule has 1 aliphatic heterocycles. The standard InChI is InChI=1S/C29H40N4O5/c1-18-13-21(16-32(6)27(18)35)26-31-23-11-10-20(14-24(23)33(26)17-22-9-7-8-12-37-22)15-30-25(19(2)34)28(36)38-29(3,4)5/h10-11,13-14,16,19,22,25,30,34H,7-9,12,15,17H2,1-6H3/t19-,22-,25+/m1/s1. The molecule has 1 saturated heterocycles. The number of fused-ring (bicyclic) bond motifs is 1. The van der Waals surface area contributed by atoms with Gasteiger partial charge in [-0.2, -0.15) is 0 Å². The van der Waals surface area contributed by atoms with Gasteiger partial charge in [-0.25, -0.2) is 4.98 Å². The zero-order valence-corrected chi connectivity index (χ0v) is 23.3. The number of aliphatic hydroxyl groups excluding tert-OH is 1. The van der Waals surface area contributed by atoms with Crippen molar-refractivity contribution in [3.05, 3.63) is 51.9 Å². The van der Waals surface area contributed by atoms with Crippen molar-refractivity contribution in [3.63, 3.8) is 0 Å². The lowest BCUT2D eigenvalue weighted by molar-refractivity contribution is -0.160. The number of rotatable bonds is 8. The van der Waals surface area contributed by atoms with E-state index in [1.54, 1.807) is 39.3 Å². The largest absolute Gasteiger partial charge is 0.459 e. The fourth-order valence-corrected chi connectivity index (χ4v) is 4.88. The molecule has 3 atom stereocenters. The third-order valence-electron chi connectivity index (χ3n) is 6.76. The smallest absolute Gasteiger partial charge is 0.326 e. The number of imidazole rings is 1.